The van der Waals surface area contributed by atoms with E-state index in [9.17, 15) is 9.59 Å². The molecule has 2 saturated heterocycles. The van der Waals surface area contributed by atoms with Crippen molar-refractivity contribution in [3.63, 3.8) is 0 Å². The Morgan fingerprint density at radius 3 is 2.82 bits per heavy atom. The number of carbonyl (C=O) groups excluding carboxylic acids is 2. The summed E-state index contributed by atoms with van der Waals surface area (Å²) in [5.74, 6) is 0.0319. The van der Waals surface area contributed by atoms with Crippen LogP contribution in [0.4, 0.5) is 0 Å². The van der Waals surface area contributed by atoms with Crippen molar-refractivity contribution in [2.24, 2.45) is 0 Å². The van der Waals surface area contributed by atoms with Crippen molar-refractivity contribution in [2.45, 2.75) is 43.8 Å². The maximum atomic E-state index is 12.5. The van der Waals surface area contributed by atoms with Crippen LogP contribution in [0.3, 0.4) is 0 Å². The molecule has 148 valence electrons. The molecular weight excluding hydrogens is 374 g/mol. The Morgan fingerprint density at radius 2 is 2.11 bits per heavy atom. The summed E-state index contributed by atoms with van der Waals surface area (Å²) in [5, 5.41) is 6.97. The van der Waals surface area contributed by atoms with Gasteiger partial charge in [-0.2, -0.15) is 11.3 Å². The molecule has 2 aromatic rings. The minimum absolute atomic E-state index is 0.0284. The van der Waals surface area contributed by atoms with Crippen LogP contribution in [-0.4, -0.2) is 53.0 Å². The number of carbonyl (C=O) groups is 2. The van der Waals surface area contributed by atoms with Gasteiger partial charge in [-0.25, -0.2) is 0 Å². The van der Waals surface area contributed by atoms with E-state index in [-0.39, 0.29) is 23.5 Å². The van der Waals surface area contributed by atoms with E-state index in [0.717, 1.165) is 44.3 Å². The van der Waals surface area contributed by atoms with Crippen LogP contribution in [0.1, 0.15) is 41.7 Å². The van der Waals surface area contributed by atoms with Gasteiger partial charge in [-0.15, -0.1) is 0 Å². The fraction of sp³-hybridized carbons (Fsp3) is 0.476. The number of piperidine rings is 1. The monoisotopic (exact) mass is 399 g/mol. The fourth-order valence-corrected chi connectivity index (χ4v) is 4.71. The number of hydrogen-bond acceptors (Lipinski definition) is 5. The molecule has 0 saturated carbocycles. The first-order valence-electron chi connectivity index (χ1n) is 9.79. The Kier molecular flexibility index (Phi) is 5.73. The Bertz CT molecular complexity index is 802. The highest BCUT2D eigenvalue weighted by molar-refractivity contribution is 7.08. The van der Waals surface area contributed by atoms with E-state index in [1.165, 1.54) is 0 Å². The molecule has 1 N–H and O–H groups in total. The lowest BCUT2D eigenvalue weighted by molar-refractivity contribution is -0.136. The van der Waals surface area contributed by atoms with Gasteiger partial charge in [0.25, 0.3) is 5.91 Å². The number of aromatic nitrogens is 1. The van der Waals surface area contributed by atoms with Crippen molar-refractivity contribution in [2.75, 3.05) is 19.6 Å². The third-order valence-corrected chi connectivity index (χ3v) is 6.42. The van der Waals surface area contributed by atoms with Crippen molar-refractivity contribution < 1.29 is 14.3 Å². The lowest BCUT2D eigenvalue weighted by Gasteiger charge is -2.39. The van der Waals surface area contributed by atoms with Crippen molar-refractivity contribution in [1.29, 1.82) is 0 Å². The number of pyridine rings is 1. The summed E-state index contributed by atoms with van der Waals surface area (Å²) in [6, 6.07) is 7.31. The van der Waals surface area contributed by atoms with E-state index in [1.807, 2.05) is 21.7 Å². The fourth-order valence-electron chi connectivity index (χ4n) is 4.04. The number of hydrogen-bond donors (Lipinski definition) is 1. The number of rotatable bonds is 5. The summed E-state index contributed by atoms with van der Waals surface area (Å²) in [5.41, 5.74) is 1.38. The first kappa shape index (κ1) is 19.1. The van der Waals surface area contributed by atoms with Gasteiger partial charge in [-0.1, -0.05) is 6.07 Å². The van der Waals surface area contributed by atoms with Gasteiger partial charge in [0.15, 0.2) is 0 Å². The highest BCUT2D eigenvalue weighted by Gasteiger charge is 2.43. The maximum absolute atomic E-state index is 12.5. The standard InChI is InChI=1S/C21H25N3O3S/c25-19(13-16-5-12-28-15-16)24-10-7-21(8-11-24)6-4-17(27-21)14-23-20(26)18-3-1-2-9-22-18/h1-3,5,9,12,15,17H,4,6-8,10-11,13-14H2,(H,23,26). The molecule has 2 amide bonds. The van der Waals surface area contributed by atoms with Gasteiger partial charge < -0.3 is 15.0 Å². The molecule has 0 bridgehead atoms. The minimum Gasteiger partial charge on any atom is -0.370 e. The second kappa shape index (κ2) is 8.41. The van der Waals surface area contributed by atoms with Gasteiger partial charge in [0.2, 0.25) is 5.91 Å². The second-order valence-electron chi connectivity index (χ2n) is 7.58. The lowest BCUT2D eigenvalue weighted by atomic mass is 9.88. The molecule has 0 aliphatic carbocycles. The summed E-state index contributed by atoms with van der Waals surface area (Å²) in [6.45, 7) is 1.99. The highest BCUT2D eigenvalue weighted by Crippen LogP contribution is 2.38. The zero-order valence-corrected chi connectivity index (χ0v) is 16.6. The molecule has 2 aliphatic rings. The van der Waals surface area contributed by atoms with Gasteiger partial charge in [0.05, 0.1) is 18.1 Å². The largest absolute Gasteiger partial charge is 0.370 e. The number of likely N-dealkylation sites (tertiary alicyclic amines) is 1. The van der Waals surface area contributed by atoms with E-state index < -0.39 is 0 Å². The number of thiophene rings is 1. The first-order valence-corrected chi connectivity index (χ1v) is 10.7. The zero-order valence-electron chi connectivity index (χ0n) is 15.8. The zero-order chi connectivity index (χ0) is 19.4. The van der Waals surface area contributed by atoms with Crippen LogP contribution >= 0.6 is 11.3 Å². The average Bonchev–Trinajstić information content (AvgIpc) is 3.38. The number of ether oxygens (including phenoxy) is 1. The number of nitrogens with zero attached hydrogens (tertiary/aromatic N) is 2. The van der Waals surface area contributed by atoms with E-state index in [1.54, 1.807) is 35.7 Å². The summed E-state index contributed by atoms with van der Waals surface area (Å²) >= 11 is 1.62. The molecule has 1 spiro atoms. The van der Waals surface area contributed by atoms with Crippen LogP contribution in [0, 0.1) is 0 Å². The van der Waals surface area contributed by atoms with E-state index in [0.29, 0.717) is 18.7 Å². The normalized spacial score (nSPS) is 21.0. The van der Waals surface area contributed by atoms with Gasteiger partial charge in [0, 0.05) is 25.8 Å². The van der Waals surface area contributed by atoms with E-state index in [2.05, 4.69) is 10.3 Å². The highest BCUT2D eigenvalue weighted by atomic mass is 32.1. The summed E-state index contributed by atoms with van der Waals surface area (Å²) < 4.78 is 6.34. The lowest BCUT2D eigenvalue weighted by Crippen LogP contribution is -2.47. The Balaban J connectivity index is 1.23. The molecule has 6 nitrogen and oxygen atoms in total. The molecule has 4 rings (SSSR count). The summed E-state index contributed by atoms with van der Waals surface area (Å²) in [7, 11) is 0. The molecule has 0 radical (unpaired) electrons. The third-order valence-electron chi connectivity index (χ3n) is 5.69. The molecule has 7 heteroatoms. The van der Waals surface area contributed by atoms with E-state index in [4.69, 9.17) is 4.74 Å². The first-order chi connectivity index (χ1) is 13.6. The Hall–Kier alpha value is -2.25. The second-order valence-corrected chi connectivity index (χ2v) is 8.36. The van der Waals surface area contributed by atoms with Gasteiger partial charge in [-0.05, 0) is 60.2 Å². The van der Waals surface area contributed by atoms with Crippen molar-refractivity contribution in [3.8, 4) is 0 Å². The van der Waals surface area contributed by atoms with E-state index >= 15 is 0 Å². The SMILES string of the molecule is O=C(NCC1CCC2(CCN(C(=O)Cc3ccsc3)CC2)O1)c1ccccn1. The molecule has 1 atom stereocenters. The van der Waals surface area contributed by atoms with Gasteiger partial charge in [0.1, 0.15) is 5.69 Å². The predicted octanol–water partition coefficient (Wildman–Crippen LogP) is 2.66. The third kappa shape index (κ3) is 4.42. The van der Waals surface area contributed by atoms with Crippen molar-refractivity contribution in [3.05, 3.63) is 52.5 Å². The van der Waals surface area contributed by atoms with Crippen LogP contribution in [0.15, 0.2) is 41.2 Å². The number of amides is 2. The topological polar surface area (TPSA) is 71.5 Å². The maximum Gasteiger partial charge on any atom is 0.269 e. The molecule has 1 unspecified atom stereocenters. The summed E-state index contributed by atoms with van der Waals surface area (Å²) in [6.07, 6.45) is 5.79. The predicted molar refractivity (Wildman–Crippen MR) is 107 cm³/mol. The van der Waals surface area contributed by atoms with Crippen LogP contribution < -0.4 is 5.32 Å². The van der Waals surface area contributed by atoms with Gasteiger partial charge >= 0.3 is 0 Å². The van der Waals surface area contributed by atoms with Crippen molar-refractivity contribution in [1.82, 2.24) is 15.2 Å². The Labute approximate surface area is 168 Å². The molecule has 2 fully saturated rings. The minimum atomic E-state index is -0.168. The van der Waals surface area contributed by atoms with Crippen LogP contribution in [0.25, 0.3) is 0 Å². The Morgan fingerprint density at radius 1 is 1.25 bits per heavy atom. The van der Waals surface area contributed by atoms with Crippen LogP contribution in [0.2, 0.25) is 0 Å². The van der Waals surface area contributed by atoms with Crippen LogP contribution in [0.5, 0.6) is 0 Å². The molecule has 28 heavy (non-hydrogen) atoms. The summed E-state index contributed by atoms with van der Waals surface area (Å²) in [4.78, 5) is 30.7. The van der Waals surface area contributed by atoms with Gasteiger partial charge in [-0.3, -0.25) is 14.6 Å². The molecule has 0 aromatic carbocycles. The molecule has 2 aromatic heterocycles. The quantitative estimate of drug-likeness (QED) is 0.839. The molecule has 4 heterocycles. The molecule has 2 aliphatic heterocycles. The molecular formula is C21H25N3O3S. The average molecular weight is 400 g/mol. The van der Waals surface area contributed by atoms with Crippen LogP contribution in [-0.2, 0) is 16.0 Å². The number of nitrogens with one attached hydrogen (secondary N) is 1. The van der Waals surface area contributed by atoms with Crippen molar-refractivity contribution >= 4 is 23.2 Å². The smallest absolute Gasteiger partial charge is 0.269 e.